The quantitative estimate of drug-likeness (QED) is 0.419. The molecule has 0 nitrogen and oxygen atoms in total. The van der Waals surface area contributed by atoms with Crippen molar-refractivity contribution < 1.29 is 0 Å². The fraction of sp³-hybridized carbons (Fsp3) is 0.897. The molecule has 0 heteroatoms. The van der Waals surface area contributed by atoms with Crippen LogP contribution in [-0.2, 0) is 0 Å². The molecule has 5 aliphatic rings. The highest BCUT2D eigenvalue weighted by molar-refractivity contribution is 5.18. The van der Waals surface area contributed by atoms with E-state index in [1.165, 1.54) is 50.5 Å². The molecule has 0 N–H and O–H groups in total. The van der Waals surface area contributed by atoms with Crippen LogP contribution in [-0.4, -0.2) is 0 Å². The fourth-order valence-electron chi connectivity index (χ4n) is 10.3. The number of allylic oxidation sites excluding steroid dienone is 1. The summed E-state index contributed by atoms with van der Waals surface area (Å²) in [5, 5.41) is 0. The van der Waals surface area contributed by atoms with Crippen molar-refractivity contribution in [1.29, 1.82) is 0 Å². The number of hydrogen-bond donors (Lipinski definition) is 0. The molecule has 0 saturated heterocycles. The molecule has 0 aromatic heterocycles. The average molecular weight is 395 g/mol. The zero-order valence-corrected chi connectivity index (χ0v) is 19.9. The van der Waals surface area contributed by atoms with Crippen molar-refractivity contribution in [3.63, 3.8) is 0 Å². The van der Waals surface area contributed by atoms with Crippen LogP contribution in [0, 0.1) is 51.8 Å². The Kier molecular flexibility index (Phi) is 4.94. The van der Waals surface area contributed by atoms with Crippen LogP contribution in [0.5, 0.6) is 0 Å². The van der Waals surface area contributed by atoms with Gasteiger partial charge in [-0.25, -0.2) is 0 Å². The van der Waals surface area contributed by atoms with Crippen LogP contribution in [0.3, 0.4) is 0 Å². The van der Waals surface area contributed by atoms with Gasteiger partial charge in [0.2, 0.25) is 0 Å². The van der Waals surface area contributed by atoms with Gasteiger partial charge in [-0.3, -0.25) is 0 Å². The molecule has 5 aliphatic carbocycles. The van der Waals surface area contributed by atoms with Crippen LogP contribution in [0.4, 0.5) is 0 Å². The van der Waals surface area contributed by atoms with Gasteiger partial charge in [-0.15, -0.1) is 5.73 Å². The summed E-state index contributed by atoms with van der Waals surface area (Å²) in [6.45, 7) is 14.0. The molecule has 0 aromatic rings. The first-order valence-electron chi connectivity index (χ1n) is 13.2. The predicted molar refractivity (Wildman–Crippen MR) is 124 cm³/mol. The minimum Gasteiger partial charge on any atom is -0.130 e. The minimum atomic E-state index is 0.541. The van der Waals surface area contributed by atoms with Crippen LogP contribution in [0.2, 0.25) is 0 Å². The lowest BCUT2D eigenvalue weighted by molar-refractivity contribution is -0.148. The Balaban J connectivity index is 1.45. The Bertz CT molecular complexity index is 693. The van der Waals surface area contributed by atoms with Crippen LogP contribution < -0.4 is 0 Å². The maximum Gasteiger partial charge on any atom is -0.00733 e. The topological polar surface area (TPSA) is 0 Å². The third-order valence-corrected chi connectivity index (χ3v) is 11.6. The van der Waals surface area contributed by atoms with Crippen LogP contribution >= 0.6 is 0 Å². The van der Waals surface area contributed by atoms with Gasteiger partial charge in [0.1, 0.15) is 0 Å². The molecule has 0 amide bonds. The Hall–Kier alpha value is -0.480. The second-order valence-electron chi connectivity index (χ2n) is 12.8. The maximum atomic E-state index is 4.02. The van der Waals surface area contributed by atoms with Crippen molar-refractivity contribution >= 4 is 0 Å². The highest BCUT2D eigenvalue weighted by Gasteiger charge is 2.65. The van der Waals surface area contributed by atoms with E-state index in [0.29, 0.717) is 10.8 Å². The largest absolute Gasteiger partial charge is 0.130 e. The third kappa shape index (κ3) is 2.91. The summed E-state index contributed by atoms with van der Waals surface area (Å²) in [6, 6.07) is 0. The molecule has 2 unspecified atom stereocenters. The van der Waals surface area contributed by atoms with Crippen molar-refractivity contribution in [3.8, 4) is 0 Å². The molecule has 0 heterocycles. The van der Waals surface area contributed by atoms with E-state index in [1.807, 2.05) is 0 Å². The second kappa shape index (κ2) is 7.02. The van der Waals surface area contributed by atoms with Gasteiger partial charge < -0.3 is 0 Å². The summed E-state index contributed by atoms with van der Waals surface area (Å²) in [6.07, 6.45) is 19.7. The highest BCUT2D eigenvalue weighted by atomic mass is 14.7. The minimum absolute atomic E-state index is 0.541. The first-order valence-corrected chi connectivity index (χ1v) is 13.2. The Labute approximate surface area is 181 Å². The second-order valence-corrected chi connectivity index (χ2v) is 12.8. The van der Waals surface area contributed by atoms with E-state index < -0.39 is 0 Å². The molecule has 0 aliphatic heterocycles. The fourth-order valence-corrected chi connectivity index (χ4v) is 10.3. The Morgan fingerprint density at radius 1 is 0.897 bits per heavy atom. The number of rotatable bonds is 4. The Morgan fingerprint density at radius 2 is 1.66 bits per heavy atom. The lowest BCUT2D eigenvalue weighted by Gasteiger charge is -2.64. The van der Waals surface area contributed by atoms with Crippen molar-refractivity contribution in [1.82, 2.24) is 0 Å². The van der Waals surface area contributed by atoms with Gasteiger partial charge >= 0.3 is 0 Å². The molecule has 5 rings (SSSR count). The van der Waals surface area contributed by atoms with Crippen LogP contribution in [0.25, 0.3) is 0 Å². The summed E-state index contributed by atoms with van der Waals surface area (Å²) in [5.74, 6) is 5.99. The number of fused-ring (bicyclic) bond motifs is 5. The summed E-state index contributed by atoms with van der Waals surface area (Å²) >= 11 is 0. The standard InChI is InChI=1S/C29H46/c1-6-15-27(4)17-18-29(21-8-9-21)22(19-27)10-11-23-25-13-12-24(20(3)7-2)28(25,5)16-14-26(23)29/h21-26H,2,6,8-19H2,1,3-5H3/t22-,23+,24-,25?,26?,27+,28-,29-/m1/s1. The van der Waals surface area contributed by atoms with Crippen LogP contribution in [0.15, 0.2) is 17.9 Å². The average Bonchev–Trinajstić information content (AvgIpc) is 3.49. The van der Waals surface area contributed by atoms with E-state index in [4.69, 9.17) is 0 Å². The lowest BCUT2D eigenvalue weighted by atomic mass is 9.41. The van der Waals surface area contributed by atoms with Gasteiger partial charge in [-0.05, 0) is 141 Å². The van der Waals surface area contributed by atoms with Crippen molar-refractivity contribution in [3.05, 3.63) is 17.9 Å². The maximum absolute atomic E-state index is 4.02. The molecule has 8 atom stereocenters. The third-order valence-electron chi connectivity index (χ3n) is 11.6. The first kappa shape index (κ1) is 20.4. The van der Waals surface area contributed by atoms with Gasteiger partial charge in [0, 0.05) is 0 Å². The smallest absolute Gasteiger partial charge is 0.00733 e. The van der Waals surface area contributed by atoms with E-state index in [1.54, 1.807) is 38.5 Å². The highest BCUT2D eigenvalue weighted by Crippen LogP contribution is 2.73. The predicted octanol–water partition coefficient (Wildman–Crippen LogP) is 8.57. The molecular weight excluding hydrogens is 348 g/mol. The van der Waals surface area contributed by atoms with Crippen molar-refractivity contribution in [2.24, 2.45) is 51.8 Å². The summed E-state index contributed by atoms with van der Waals surface area (Å²) in [7, 11) is 0. The van der Waals surface area contributed by atoms with Gasteiger partial charge in [0.25, 0.3) is 0 Å². The van der Waals surface area contributed by atoms with Gasteiger partial charge in [0.15, 0.2) is 0 Å². The molecule has 5 fully saturated rings. The van der Waals surface area contributed by atoms with Gasteiger partial charge in [0.05, 0.1) is 0 Å². The normalized spacial score (nSPS) is 51.5. The first-order chi connectivity index (χ1) is 13.9. The molecule has 162 valence electrons. The zero-order chi connectivity index (χ0) is 20.4. The molecule has 0 aromatic carbocycles. The van der Waals surface area contributed by atoms with E-state index >= 15 is 0 Å². The lowest BCUT2D eigenvalue weighted by Crippen LogP contribution is -2.56. The zero-order valence-electron chi connectivity index (χ0n) is 19.9. The van der Waals surface area contributed by atoms with E-state index in [9.17, 15) is 0 Å². The Morgan fingerprint density at radius 3 is 2.34 bits per heavy atom. The summed E-state index contributed by atoms with van der Waals surface area (Å²) in [5.41, 5.74) is 6.71. The molecule has 0 bridgehead atoms. The molecular formula is C29H46. The van der Waals surface area contributed by atoms with E-state index in [-0.39, 0.29) is 0 Å². The molecule has 0 spiro atoms. The van der Waals surface area contributed by atoms with Gasteiger partial charge in [-0.2, -0.15) is 0 Å². The SMILES string of the molecule is C=C=C(C)[C@H]1CCC2[C@@H]3CC[C@@H]4C[C@@](C)(CCC)CC[C@]4(C4CC4)C3CC[C@@]21C. The summed E-state index contributed by atoms with van der Waals surface area (Å²) in [4.78, 5) is 0. The van der Waals surface area contributed by atoms with Crippen molar-refractivity contribution in [2.45, 2.75) is 111 Å². The van der Waals surface area contributed by atoms with Crippen LogP contribution in [0.1, 0.15) is 111 Å². The van der Waals surface area contributed by atoms with E-state index in [2.05, 4.69) is 40.0 Å². The monoisotopic (exact) mass is 394 g/mol. The van der Waals surface area contributed by atoms with Gasteiger partial charge in [-0.1, -0.05) is 33.8 Å². The van der Waals surface area contributed by atoms with Crippen molar-refractivity contribution in [2.75, 3.05) is 0 Å². The van der Waals surface area contributed by atoms with E-state index in [0.717, 1.165) is 40.9 Å². The summed E-state index contributed by atoms with van der Waals surface area (Å²) < 4.78 is 0. The molecule has 29 heavy (non-hydrogen) atoms. The molecule has 0 radical (unpaired) electrons. The number of hydrogen-bond acceptors (Lipinski definition) is 0. The molecule has 5 saturated carbocycles.